The summed E-state index contributed by atoms with van der Waals surface area (Å²) in [5.41, 5.74) is 1.70. The van der Waals surface area contributed by atoms with Gasteiger partial charge in [-0.3, -0.25) is 24.6 Å². The number of aliphatic hydroxyl groups is 1. The van der Waals surface area contributed by atoms with Crippen LogP contribution in [0.1, 0.15) is 29.7 Å². The van der Waals surface area contributed by atoms with Crippen molar-refractivity contribution in [1.82, 2.24) is 0 Å². The summed E-state index contributed by atoms with van der Waals surface area (Å²) in [5, 5.41) is 21.9. The second-order valence-electron chi connectivity index (χ2n) is 7.54. The van der Waals surface area contributed by atoms with E-state index in [1.165, 1.54) is 53.4 Å². The number of carbonyl (C=O) groups excluding carboxylic acids is 2. The third kappa shape index (κ3) is 3.98. The summed E-state index contributed by atoms with van der Waals surface area (Å²) < 4.78 is 13.6. The number of aryl methyl sites for hydroxylation is 1. The zero-order valence-electron chi connectivity index (χ0n) is 17.6. The fourth-order valence-corrected chi connectivity index (χ4v) is 3.85. The van der Waals surface area contributed by atoms with Crippen LogP contribution >= 0.6 is 0 Å². The highest BCUT2D eigenvalue weighted by Crippen LogP contribution is 2.42. The number of nitro groups is 1. The van der Waals surface area contributed by atoms with Crippen LogP contribution in [0.4, 0.5) is 15.8 Å². The molecule has 1 aliphatic rings. The minimum absolute atomic E-state index is 0.145. The van der Waals surface area contributed by atoms with Gasteiger partial charge in [0, 0.05) is 23.4 Å². The Morgan fingerprint density at radius 1 is 1.00 bits per heavy atom. The van der Waals surface area contributed by atoms with E-state index >= 15 is 0 Å². The van der Waals surface area contributed by atoms with Gasteiger partial charge in [0.25, 0.3) is 17.4 Å². The van der Waals surface area contributed by atoms with E-state index in [9.17, 15) is 29.2 Å². The number of benzene rings is 3. The quantitative estimate of drug-likeness (QED) is 0.197. The van der Waals surface area contributed by atoms with Crippen LogP contribution in [0.25, 0.3) is 5.76 Å². The predicted molar refractivity (Wildman–Crippen MR) is 120 cm³/mol. The van der Waals surface area contributed by atoms with Crippen LogP contribution in [0.2, 0.25) is 0 Å². The number of amides is 1. The Morgan fingerprint density at radius 2 is 1.61 bits per heavy atom. The molecule has 166 valence electrons. The molecular weight excluding hydrogens is 427 g/mol. The van der Waals surface area contributed by atoms with E-state index in [1.807, 2.05) is 19.1 Å². The van der Waals surface area contributed by atoms with Crippen molar-refractivity contribution in [3.05, 3.63) is 111 Å². The van der Waals surface area contributed by atoms with E-state index in [1.54, 1.807) is 12.1 Å². The number of hydrogen-bond donors (Lipinski definition) is 1. The molecule has 1 fully saturated rings. The summed E-state index contributed by atoms with van der Waals surface area (Å²) in [6.45, 7) is 1.99. The first-order valence-corrected chi connectivity index (χ1v) is 10.2. The van der Waals surface area contributed by atoms with Crippen molar-refractivity contribution in [3.63, 3.8) is 0 Å². The lowest BCUT2D eigenvalue weighted by atomic mass is 9.95. The summed E-state index contributed by atoms with van der Waals surface area (Å²) in [6.07, 6.45) is 0.792. The highest BCUT2D eigenvalue weighted by molar-refractivity contribution is 6.51. The number of hydrogen-bond acceptors (Lipinski definition) is 5. The second-order valence-corrected chi connectivity index (χ2v) is 7.54. The molecule has 0 saturated carbocycles. The Labute approximate surface area is 188 Å². The smallest absolute Gasteiger partial charge is 0.300 e. The Hall–Kier alpha value is -4.33. The summed E-state index contributed by atoms with van der Waals surface area (Å²) >= 11 is 0. The van der Waals surface area contributed by atoms with Crippen LogP contribution in [0, 0.1) is 15.9 Å². The average Bonchev–Trinajstić information content (AvgIpc) is 3.09. The first-order chi connectivity index (χ1) is 15.8. The number of halogens is 1. The van der Waals surface area contributed by atoms with Crippen LogP contribution in [-0.2, 0) is 16.0 Å². The van der Waals surface area contributed by atoms with Gasteiger partial charge < -0.3 is 5.11 Å². The van der Waals surface area contributed by atoms with Gasteiger partial charge in [0.05, 0.1) is 16.5 Å². The van der Waals surface area contributed by atoms with E-state index in [4.69, 9.17) is 0 Å². The molecule has 8 heteroatoms. The van der Waals surface area contributed by atoms with E-state index < -0.39 is 34.2 Å². The van der Waals surface area contributed by atoms with Crippen LogP contribution in [-0.4, -0.2) is 21.7 Å². The standard InChI is InChI=1S/C25H19FN2O5/c1-2-15-3-11-19(12-4-15)27-22(16-5-9-18(26)10-6-16)21(24(30)25(27)31)23(29)17-7-13-20(14-8-17)28(32)33/h3-14,22,29H,2H2,1H3/b23-21-. The van der Waals surface area contributed by atoms with Crippen molar-refractivity contribution in [2.24, 2.45) is 0 Å². The van der Waals surface area contributed by atoms with Gasteiger partial charge in [0.15, 0.2) is 0 Å². The number of ketones is 1. The maximum atomic E-state index is 13.6. The summed E-state index contributed by atoms with van der Waals surface area (Å²) in [6, 6.07) is 16.4. The minimum atomic E-state index is -1.01. The molecule has 1 amide bonds. The highest BCUT2D eigenvalue weighted by Gasteiger charge is 2.47. The van der Waals surface area contributed by atoms with Gasteiger partial charge >= 0.3 is 0 Å². The molecule has 1 aliphatic heterocycles. The Kier molecular flexibility index (Phi) is 5.74. The molecule has 3 aromatic carbocycles. The predicted octanol–water partition coefficient (Wildman–Crippen LogP) is 4.92. The van der Waals surface area contributed by atoms with Crippen molar-refractivity contribution in [2.75, 3.05) is 4.90 Å². The largest absolute Gasteiger partial charge is 0.507 e. The molecule has 1 N–H and O–H groups in total. The first kappa shape index (κ1) is 21.9. The van der Waals surface area contributed by atoms with E-state index in [2.05, 4.69) is 0 Å². The van der Waals surface area contributed by atoms with Crippen molar-refractivity contribution in [2.45, 2.75) is 19.4 Å². The van der Waals surface area contributed by atoms with Gasteiger partial charge in [-0.15, -0.1) is 0 Å². The van der Waals surface area contributed by atoms with E-state index in [0.29, 0.717) is 11.3 Å². The average molecular weight is 446 g/mol. The topological polar surface area (TPSA) is 101 Å². The normalized spacial score (nSPS) is 17.4. The highest BCUT2D eigenvalue weighted by atomic mass is 19.1. The van der Waals surface area contributed by atoms with Gasteiger partial charge in [-0.2, -0.15) is 0 Å². The molecule has 4 rings (SSSR count). The van der Waals surface area contributed by atoms with Crippen LogP contribution < -0.4 is 4.90 Å². The number of aliphatic hydroxyl groups excluding tert-OH is 1. The van der Waals surface area contributed by atoms with Crippen molar-refractivity contribution < 1.29 is 24.0 Å². The lowest BCUT2D eigenvalue weighted by molar-refractivity contribution is -0.384. The van der Waals surface area contributed by atoms with Crippen molar-refractivity contribution in [1.29, 1.82) is 0 Å². The van der Waals surface area contributed by atoms with Gasteiger partial charge in [-0.25, -0.2) is 4.39 Å². The molecular formula is C25H19FN2O5. The molecule has 0 aliphatic carbocycles. The summed E-state index contributed by atoms with van der Waals surface area (Å²) in [7, 11) is 0. The third-order valence-electron chi connectivity index (χ3n) is 5.60. The molecule has 7 nitrogen and oxygen atoms in total. The Bertz CT molecular complexity index is 1270. The first-order valence-electron chi connectivity index (χ1n) is 10.2. The van der Waals surface area contributed by atoms with Gasteiger partial charge in [-0.1, -0.05) is 31.2 Å². The second kappa shape index (κ2) is 8.66. The van der Waals surface area contributed by atoms with Crippen LogP contribution in [0.15, 0.2) is 78.4 Å². The monoisotopic (exact) mass is 446 g/mol. The molecule has 0 aromatic heterocycles. The van der Waals surface area contributed by atoms with Crippen LogP contribution in [0.3, 0.4) is 0 Å². The van der Waals surface area contributed by atoms with Gasteiger partial charge in [-0.05, 0) is 53.9 Å². The lowest BCUT2D eigenvalue weighted by Gasteiger charge is -2.25. The minimum Gasteiger partial charge on any atom is -0.507 e. The molecule has 3 aromatic rings. The van der Waals surface area contributed by atoms with E-state index in [0.717, 1.165) is 12.0 Å². The molecule has 1 atom stereocenters. The fourth-order valence-electron chi connectivity index (χ4n) is 3.85. The lowest BCUT2D eigenvalue weighted by Crippen LogP contribution is -2.29. The number of nitrogens with zero attached hydrogens (tertiary/aromatic N) is 2. The van der Waals surface area contributed by atoms with Gasteiger partial charge in [0.1, 0.15) is 11.6 Å². The molecule has 1 heterocycles. The fraction of sp³-hybridized carbons (Fsp3) is 0.120. The number of Topliss-reactive ketones (excluding diaryl/α,β-unsaturated/α-hetero) is 1. The third-order valence-corrected chi connectivity index (χ3v) is 5.60. The van der Waals surface area contributed by atoms with E-state index in [-0.39, 0.29) is 16.8 Å². The molecule has 0 radical (unpaired) electrons. The number of nitro benzene ring substituents is 1. The Morgan fingerprint density at radius 3 is 2.15 bits per heavy atom. The Balaban J connectivity index is 1.89. The number of rotatable bonds is 5. The number of carbonyl (C=O) groups is 2. The molecule has 1 unspecified atom stereocenters. The molecule has 0 bridgehead atoms. The maximum absolute atomic E-state index is 13.6. The van der Waals surface area contributed by atoms with Crippen molar-refractivity contribution in [3.8, 4) is 0 Å². The number of anilines is 1. The van der Waals surface area contributed by atoms with Crippen molar-refractivity contribution >= 4 is 28.8 Å². The van der Waals surface area contributed by atoms with Crippen LogP contribution in [0.5, 0.6) is 0 Å². The zero-order valence-corrected chi connectivity index (χ0v) is 17.6. The molecule has 1 saturated heterocycles. The number of non-ortho nitro benzene ring substituents is 1. The molecule has 0 spiro atoms. The maximum Gasteiger partial charge on any atom is 0.300 e. The summed E-state index contributed by atoms with van der Waals surface area (Å²) in [5.74, 6) is -2.69. The molecule has 33 heavy (non-hydrogen) atoms. The van der Waals surface area contributed by atoms with Gasteiger partial charge in [0.2, 0.25) is 0 Å². The summed E-state index contributed by atoms with van der Waals surface area (Å²) in [4.78, 5) is 37.8. The zero-order chi connectivity index (χ0) is 23.7. The SMILES string of the molecule is CCc1ccc(N2C(=O)C(=O)/C(=C(\O)c3ccc([N+](=O)[O-])cc3)C2c2ccc(F)cc2)cc1.